The summed E-state index contributed by atoms with van der Waals surface area (Å²) in [5, 5.41) is -0.182. The minimum atomic E-state index is -5.69. The Labute approximate surface area is 121 Å². The first kappa shape index (κ1) is 15.8. The van der Waals surface area contributed by atoms with Crippen molar-refractivity contribution in [2.24, 2.45) is 0 Å². The Morgan fingerprint density at radius 2 is 1.52 bits per heavy atom. The van der Waals surface area contributed by atoms with Crippen molar-refractivity contribution in [2.45, 2.75) is 17.8 Å². The van der Waals surface area contributed by atoms with E-state index in [0.717, 1.165) is 0 Å². The molecule has 2 aromatic rings. The van der Waals surface area contributed by atoms with E-state index in [4.69, 9.17) is 11.5 Å². The van der Waals surface area contributed by atoms with Crippen molar-refractivity contribution in [2.75, 3.05) is 11.5 Å². The van der Waals surface area contributed by atoms with Gasteiger partial charge < -0.3 is 11.5 Å². The summed E-state index contributed by atoms with van der Waals surface area (Å²) in [6.45, 7) is 0. The van der Waals surface area contributed by atoms with E-state index in [0.29, 0.717) is 22.9 Å². The van der Waals surface area contributed by atoms with Crippen molar-refractivity contribution in [3.63, 3.8) is 0 Å². The molecule has 2 aromatic heterocycles. The van der Waals surface area contributed by atoms with Crippen LogP contribution < -0.4 is 11.5 Å². The second-order valence-electron chi connectivity index (χ2n) is 3.88. The van der Waals surface area contributed by atoms with E-state index in [2.05, 4.69) is 9.97 Å². The lowest BCUT2D eigenvalue weighted by molar-refractivity contribution is -0.288. The highest BCUT2D eigenvalue weighted by molar-refractivity contribution is 7.15. The number of aromatic nitrogens is 2. The van der Waals surface area contributed by atoms with E-state index in [9.17, 15) is 26.3 Å². The highest BCUT2D eigenvalue weighted by Gasteiger charge is 2.74. The first-order chi connectivity index (χ1) is 9.50. The van der Waals surface area contributed by atoms with Crippen LogP contribution in [0.3, 0.4) is 0 Å². The number of hydrogen-bond donors (Lipinski definition) is 2. The van der Waals surface area contributed by atoms with Gasteiger partial charge in [-0.3, -0.25) is 0 Å². The van der Waals surface area contributed by atoms with Gasteiger partial charge in [-0.2, -0.15) is 26.3 Å². The van der Waals surface area contributed by atoms with Crippen LogP contribution in [0.2, 0.25) is 0 Å². The van der Waals surface area contributed by atoms with Gasteiger partial charge in [-0.1, -0.05) is 0 Å². The predicted octanol–water partition coefficient (Wildman–Crippen LogP) is 3.17. The van der Waals surface area contributed by atoms with Crippen LogP contribution in [0.25, 0.3) is 0 Å². The largest absolute Gasteiger partial charge is 0.413 e. The third-order valence-corrected chi connectivity index (χ3v) is 4.27. The number of halogens is 6. The summed E-state index contributed by atoms with van der Waals surface area (Å²) in [5.41, 5.74) is 4.81. The van der Waals surface area contributed by atoms with Crippen molar-refractivity contribution in [3.05, 3.63) is 22.1 Å². The third-order valence-electron chi connectivity index (χ3n) is 2.65. The molecule has 12 heteroatoms. The average Bonchev–Trinajstić information content (AvgIpc) is 2.86. The molecule has 4 N–H and O–H groups in total. The molecule has 4 nitrogen and oxygen atoms in total. The molecular formula is C9H6F6N4S2. The molecule has 0 saturated carbocycles. The summed E-state index contributed by atoms with van der Waals surface area (Å²) < 4.78 is 80.4. The molecule has 0 radical (unpaired) electrons. The Hall–Kier alpha value is -1.56. The molecule has 0 aliphatic carbocycles. The maximum absolute atomic E-state index is 13.4. The van der Waals surface area contributed by atoms with Crippen LogP contribution in [-0.2, 0) is 5.41 Å². The molecule has 0 unspecified atom stereocenters. The van der Waals surface area contributed by atoms with Crippen molar-refractivity contribution >= 4 is 32.9 Å². The monoisotopic (exact) mass is 348 g/mol. The molecule has 0 aliphatic heterocycles. The molecule has 21 heavy (non-hydrogen) atoms. The average molecular weight is 348 g/mol. The van der Waals surface area contributed by atoms with Gasteiger partial charge in [0, 0.05) is 11.6 Å². The molecule has 2 rings (SSSR count). The van der Waals surface area contributed by atoms with Crippen molar-refractivity contribution in [1.29, 1.82) is 0 Å². The molecular weight excluding hydrogens is 342 g/mol. The maximum Gasteiger partial charge on any atom is 0.413 e. The molecule has 116 valence electrons. The zero-order chi connectivity index (χ0) is 16.1. The molecule has 0 aromatic carbocycles. The topological polar surface area (TPSA) is 77.8 Å². The quantitative estimate of drug-likeness (QED) is 0.817. The van der Waals surface area contributed by atoms with E-state index < -0.39 is 38.6 Å². The summed E-state index contributed by atoms with van der Waals surface area (Å²) in [6, 6.07) is 0. The lowest BCUT2D eigenvalue weighted by atomic mass is 9.82. The zero-order valence-corrected chi connectivity index (χ0v) is 11.4. The number of nitrogens with two attached hydrogens (primary N) is 2. The first-order valence-corrected chi connectivity index (χ1v) is 6.76. The lowest BCUT2D eigenvalue weighted by Gasteiger charge is -2.34. The zero-order valence-electron chi connectivity index (χ0n) is 9.79. The highest BCUT2D eigenvalue weighted by atomic mass is 32.1. The Morgan fingerprint density at radius 1 is 0.952 bits per heavy atom. The second kappa shape index (κ2) is 4.73. The number of nitrogens with zero attached hydrogens (tertiary/aromatic N) is 2. The van der Waals surface area contributed by atoms with Gasteiger partial charge in [0.25, 0.3) is 0 Å². The van der Waals surface area contributed by atoms with Crippen LogP contribution in [0.5, 0.6) is 0 Å². The Balaban J connectivity index is 2.85. The van der Waals surface area contributed by atoms with E-state index in [1.54, 1.807) is 0 Å². The molecule has 0 aliphatic rings. The van der Waals surface area contributed by atoms with Crippen LogP contribution in [0, 0.1) is 0 Å². The van der Waals surface area contributed by atoms with Gasteiger partial charge in [-0.25, -0.2) is 9.97 Å². The Bertz CT molecular complexity index is 587. The fourth-order valence-electron chi connectivity index (χ4n) is 1.78. The van der Waals surface area contributed by atoms with Crippen LogP contribution in [0.4, 0.5) is 36.6 Å². The summed E-state index contributed by atoms with van der Waals surface area (Å²) in [7, 11) is 0. The van der Waals surface area contributed by atoms with Crippen LogP contribution >= 0.6 is 22.7 Å². The SMILES string of the molecule is Nc1nc(C(c2cnc(N)s2)(C(F)(F)F)C(F)(F)F)cs1. The summed E-state index contributed by atoms with van der Waals surface area (Å²) in [5.74, 6) is 0. The molecule has 0 bridgehead atoms. The van der Waals surface area contributed by atoms with Crippen LogP contribution in [0.1, 0.15) is 10.6 Å². The summed E-state index contributed by atoms with van der Waals surface area (Å²) in [4.78, 5) is 5.37. The van der Waals surface area contributed by atoms with Crippen molar-refractivity contribution < 1.29 is 26.3 Å². The molecule has 0 spiro atoms. The molecule has 0 amide bonds. The van der Waals surface area contributed by atoms with Gasteiger partial charge in [0.05, 0.1) is 10.6 Å². The first-order valence-electron chi connectivity index (χ1n) is 5.07. The molecule has 0 saturated heterocycles. The van der Waals surface area contributed by atoms with E-state index in [1.807, 2.05) is 0 Å². The third kappa shape index (κ3) is 2.31. The summed E-state index contributed by atoms with van der Waals surface area (Å²) >= 11 is 0.588. The normalized spacial score (nSPS) is 13.6. The van der Waals surface area contributed by atoms with Gasteiger partial charge >= 0.3 is 12.4 Å². The molecule has 0 atom stereocenters. The standard InChI is InChI=1S/C9H6F6N4S2/c10-8(11,12)7(9(13,14)15,3-2-20-6(17)19-3)4-1-18-5(16)21-4/h1-2H,(H2,16,18)(H2,17,19). The van der Waals surface area contributed by atoms with Gasteiger partial charge in [0.15, 0.2) is 10.3 Å². The van der Waals surface area contributed by atoms with Gasteiger partial charge in [-0.15, -0.1) is 22.7 Å². The van der Waals surface area contributed by atoms with E-state index in [-0.39, 0.29) is 11.3 Å². The van der Waals surface area contributed by atoms with Gasteiger partial charge in [0.1, 0.15) is 0 Å². The van der Waals surface area contributed by atoms with Crippen molar-refractivity contribution in [3.8, 4) is 0 Å². The number of anilines is 2. The van der Waals surface area contributed by atoms with Gasteiger partial charge in [-0.05, 0) is 0 Å². The van der Waals surface area contributed by atoms with Crippen LogP contribution in [0.15, 0.2) is 11.6 Å². The van der Waals surface area contributed by atoms with Gasteiger partial charge in [0.2, 0.25) is 5.41 Å². The smallest absolute Gasteiger partial charge is 0.375 e. The molecule has 0 fully saturated rings. The number of nitrogen functional groups attached to an aromatic ring is 2. The molecule has 2 heterocycles. The predicted molar refractivity (Wildman–Crippen MR) is 65.9 cm³/mol. The minimum absolute atomic E-state index is 0.103. The Morgan fingerprint density at radius 3 is 1.86 bits per heavy atom. The summed E-state index contributed by atoms with van der Waals surface area (Å²) in [6.07, 6.45) is -10.9. The lowest BCUT2D eigenvalue weighted by Crippen LogP contribution is -2.54. The van der Waals surface area contributed by atoms with Crippen LogP contribution in [-0.4, -0.2) is 22.3 Å². The minimum Gasteiger partial charge on any atom is -0.375 e. The fraction of sp³-hybridized carbons (Fsp3) is 0.333. The Kier molecular flexibility index (Phi) is 3.56. The van der Waals surface area contributed by atoms with Crippen molar-refractivity contribution in [1.82, 2.24) is 9.97 Å². The number of alkyl halides is 6. The van der Waals surface area contributed by atoms with E-state index in [1.165, 1.54) is 0 Å². The number of rotatable bonds is 2. The number of thiazole rings is 2. The fourth-order valence-corrected chi connectivity index (χ4v) is 3.32. The number of hydrogen-bond acceptors (Lipinski definition) is 6. The van der Waals surface area contributed by atoms with E-state index >= 15 is 0 Å². The maximum atomic E-state index is 13.4. The second-order valence-corrected chi connectivity index (χ2v) is 5.83. The highest BCUT2D eigenvalue weighted by Crippen LogP contribution is 2.57.